The Morgan fingerprint density at radius 3 is 1.83 bits per heavy atom. The van der Waals surface area contributed by atoms with E-state index in [2.05, 4.69) is 5.14 Å². The molecular weight excluding hydrogens is 125 g/mol. The molecular formula is H4NO3PS. The molecule has 0 saturated heterocycles. The second-order valence-electron chi connectivity index (χ2n) is 0.596. The normalized spacial score (nSPS) is 11.8. The second-order valence-corrected chi connectivity index (χ2v) is 3.85. The molecule has 4 nitrogen and oxygen atoms in total. The highest BCUT2D eigenvalue weighted by Crippen LogP contribution is 2.45. The van der Waals surface area contributed by atoms with E-state index >= 15 is 0 Å². The zero-order valence-corrected chi connectivity index (χ0v) is 4.45. The first-order chi connectivity index (χ1) is 2.56. The van der Waals surface area contributed by atoms with E-state index in [1.165, 1.54) is 0 Å². The Balaban J connectivity index is 3.48. The van der Waals surface area contributed by atoms with Crippen LogP contribution in [0.4, 0.5) is 0 Å². The molecule has 6 heavy (non-hydrogen) atoms. The van der Waals surface area contributed by atoms with Crippen LogP contribution in [0.15, 0.2) is 0 Å². The molecule has 0 radical (unpaired) electrons. The van der Waals surface area contributed by atoms with E-state index < -0.39 is 6.80 Å². The van der Waals surface area contributed by atoms with Crippen LogP contribution in [0.2, 0.25) is 0 Å². The Morgan fingerprint density at radius 2 is 1.83 bits per heavy atom. The Morgan fingerprint density at radius 1 is 1.67 bits per heavy atom. The minimum atomic E-state index is -3.95. The average Bonchev–Trinajstić information content (AvgIpc) is 1.35. The standard InChI is InChI=1S/H4NO3PS/c1-6-5(2,3)4/h1H2,(H2,2,3,4). The van der Waals surface area contributed by atoms with E-state index in [0.29, 0.717) is 0 Å². The van der Waals surface area contributed by atoms with Crippen molar-refractivity contribution in [1.82, 2.24) is 0 Å². The van der Waals surface area contributed by atoms with E-state index in [1.54, 1.807) is 0 Å². The lowest BCUT2D eigenvalue weighted by molar-refractivity contribution is 0.397. The molecule has 0 aromatic rings. The van der Waals surface area contributed by atoms with Crippen LogP contribution in [0.5, 0.6) is 0 Å². The Kier molecular flexibility index (Phi) is 2.10. The molecule has 0 spiro atoms. The van der Waals surface area contributed by atoms with Gasteiger partial charge in [-0.15, -0.1) is 0 Å². The smallest absolute Gasteiger partial charge is 0.316 e. The number of rotatable bonds is 1. The molecule has 0 rings (SSSR count). The molecule has 4 N–H and O–H groups in total. The van der Waals surface area contributed by atoms with Gasteiger partial charge in [0.2, 0.25) is 0 Å². The maximum Gasteiger partial charge on any atom is 0.398 e. The van der Waals surface area contributed by atoms with Gasteiger partial charge in [0.25, 0.3) is 0 Å². The van der Waals surface area contributed by atoms with E-state index in [-0.39, 0.29) is 11.6 Å². The van der Waals surface area contributed by atoms with Crippen molar-refractivity contribution in [2.24, 2.45) is 5.14 Å². The van der Waals surface area contributed by atoms with E-state index in [9.17, 15) is 4.57 Å². The lowest BCUT2D eigenvalue weighted by atomic mass is 14.0. The van der Waals surface area contributed by atoms with Gasteiger partial charge < -0.3 is 9.79 Å². The number of hydrogen-bond donors (Lipinski definition) is 3. The Labute approximate surface area is 38.8 Å². The van der Waals surface area contributed by atoms with E-state index in [4.69, 9.17) is 9.79 Å². The van der Waals surface area contributed by atoms with E-state index in [1.807, 2.05) is 0 Å². The first-order valence-corrected chi connectivity index (χ1v) is 4.10. The van der Waals surface area contributed by atoms with Crippen molar-refractivity contribution in [2.45, 2.75) is 0 Å². The predicted molar refractivity (Wildman–Crippen MR) is 23.8 cm³/mol. The molecule has 0 aliphatic rings. The Bertz CT molecular complexity index is 74.9. The molecule has 38 valence electrons. The highest BCUT2D eigenvalue weighted by atomic mass is 32.7. The largest absolute Gasteiger partial charge is 0.398 e. The summed E-state index contributed by atoms with van der Waals surface area (Å²) in [6, 6.07) is 0. The number of nitrogens with two attached hydrogens (primary N) is 1. The zero-order valence-electron chi connectivity index (χ0n) is 2.74. The van der Waals surface area contributed by atoms with Gasteiger partial charge in [0.1, 0.15) is 0 Å². The van der Waals surface area contributed by atoms with Crippen LogP contribution in [-0.2, 0) is 4.57 Å². The SMILES string of the molecule is NSP(=O)(O)O. The third-order valence-corrected chi connectivity index (χ3v) is 1.24. The van der Waals surface area contributed by atoms with Crippen LogP contribution < -0.4 is 5.14 Å². The maximum atomic E-state index is 9.53. The quantitative estimate of drug-likeness (QED) is 0.334. The van der Waals surface area contributed by atoms with Gasteiger partial charge >= 0.3 is 6.80 Å². The minimum absolute atomic E-state index is 0.0486. The molecule has 0 aromatic heterocycles. The molecule has 0 aromatic carbocycles. The Hall–Kier alpha value is 0.460. The molecule has 0 saturated carbocycles. The van der Waals surface area contributed by atoms with Gasteiger partial charge in [-0.25, -0.2) is 4.57 Å². The summed E-state index contributed by atoms with van der Waals surface area (Å²) in [6.07, 6.45) is 0. The summed E-state index contributed by atoms with van der Waals surface area (Å²) in [6.45, 7) is -3.95. The zero-order chi connectivity index (χ0) is 5.21. The van der Waals surface area contributed by atoms with Gasteiger partial charge in [-0.3, -0.25) is 5.14 Å². The highest BCUT2D eigenvalue weighted by molar-refractivity contribution is 8.53. The molecule has 0 bridgehead atoms. The van der Waals surface area contributed by atoms with Crippen molar-refractivity contribution in [1.29, 1.82) is 0 Å². The van der Waals surface area contributed by atoms with Crippen LogP contribution in [0.1, 0.15) is 0 Å². The van der Waals surface area contributed by atoms with Crippen LogP contribution >= 0.6 is 18.4 Å². The highest BCUT2D eigenvalue weighted by Gasteiger charge is 2.07. The molecule has 6 heteroatoms. The molecule has 0 fully saturated rings. The molecule has 0 amide bonds. The van der Waals surface area contributed by atoms with Crippen LogP contribution in [0, 0.1) is 0 Å². The van der Waals surface area contributed by atoms with Gasteiger partial charge in [-0.2, -0.15) is 0 Å². The fraction of sp³-hybridized carbons (Fsp3) is 0. The van der Waals surface area contributed by atoms with Crippen molar-refractivity contribution in [3.63, 3.8) is 0 Å². The van der Waals surface area contributed by atoms with Crippen LogP contribution in [0.3, 0.4) is 0 Å². The van der Waals surface area contributed by atoms with Crippen molar-refractivity contribution >= 4 is 18.4 Å². The summed E-state index contributed by atoms with van der Waals surface area (Å²) < 4.78 is 9.53. The maximum absolute atomic E-state index is 9.53. The topological polar surface area (TPSA) is 83.6 Å². The monoisotopic (exact) mass is 129 g/mol. The molecule has 0 aliphatic heterocycles. The van der Waals surface area contributed by atoms with Gasteiger partial charge in [0, 0.05) is 11.6 Å². The fourth-order valence-electron chi connectivity index (χ4n) is 0. The lowest BCUT2D eigenvalue weighted by Crippen LogP contribution is -1.76. The van der Waals surface area contributed by atoms with Crippen molar-refractivity contribution < 1.29 is 14.4 Å². The summed E-state index contributed by atoms with van der Waals surface area (Å²) in [5, 5.41) is 4.46. The molecule has 0 atom stereocenters. The second kappa shape index (κ2) is 1.95. The minimum Gasteiger partial charge on any atom is -0.316 e. The summed E-state index contributed by atoms with van der Waals surface area (Å²) in [7, 11) is 0. The summed E-state index contributed by atoms with van der Waals surface area (Å²) in [5.74, 6) is 0. The molecule has 0 heterocycles. The first kappa shape index (κ1) is 6.46. The van der Waals surface area contributed by atoms with Gasteiger partial charge in [0.05, 0.1) is 0 Å². The van der Waals surface area contributed by atoms with Gasteiger partial charge in [-0.1, -0.05) is 0 Å². The van der Waals surface area contributed by atoms with Crippen molar-refractivity contribution in [3.8, 4) is 0 Å². The summed E-state index contributed by atoms with van der Waals surface area (Å²) in [4.78, 5) is 15.6. The van der Waals surface area contributed by atoms with E-state index in [0.717, 1.165) is 0 Å². The molecule has 0 unspecified atom stereocenters. The average molecular weight is 129 g/mol. The van der Waals surface area contributed by atoms with Gasteiger partial charge in [-0.05, 0) is 0 Å². The van der Waals surface area contributed by atoms with Crippen LogP contribution in [-0.4, -0.2) is 9.79 Å². The third-order valence-electron chi connectivity index (χ3n) is 0.137. The molecule has 0 aliphatic carbocycles. The van der Waals surface area contributed by atoms with Crippen molar-refractivity contribution in [3.05, 3.63) is 0 Å². The first-order valence-electron chi connectivity index (χ1n) is 1.00. The summed E-state index contributed by atoms with van der Waals surface area (Å²) in [5.41, 5.74) is 0. The number of hydrogen-bond acceptors (Lipinski definition) is 3. The fourth-order valence-corrected chi connectivity index (χ4v) is 0. The van der Waals surface area contributed by atoms with Gasteiger partial charge in [0.15, 0.2) is 0 Å². The predicted octanol–water partition coefficient (Wildman–Crippen LogP) is -0.314. The lowest BCUT2D eigenvalue weighted by Gasteiger charge is -1.91. The third kappa shape index (κ3) is 4.46. The summed E-state index contributed by atoms with van der Waals surface area (Å²) >= 11 is 0.0486. The van der Waals surface area contributed by atoms with Crippen molar-refractivity contribution in [2.75, 3.05) is 0 Å². The van der Waals surface area contributed by atoms with Crippen LogP contribution in [0.25, 0.3) is 0 Å².